The van der Waals surface area contributed by atoms with E-state index in [2.05, 4.69) is 24.5 Å². The lowest BCUT2D eigenvalue weighted by Crippen LogP contribution is -2.55. The number of rotatable bonds is 4. The third kappa shape index (κ3) is 4.06. The number of hydrogen-bond donors (Lipinski definition) is 3. The van der Waals surface area contributed by atoms with Crippen molar-refractivity contribution in [2.24, 2.45) is 10.6 Å². The first-order valence-electron chi connectivity index (χ1n) is 7.33. The van der Waals surface area contributed by atoms with Crippen LogP contribution in [0.2, 0.25) is 0 Å². The molecule has 1 aliphatic rings. The fraction of sp³-hybridized carbons (Fsp3) is 0.533. The molecule has 2 rings (SSSR count). The second-order valence-corrected chi connectivity index (χ2v) is 7.95. The highest BCUT2D eigenvalue weighted by molar-refractivity contribution is 7.89. The number of primary sulfonamides is 1. The van der Waals surface area contributed by atoms with Crippen molar-refractivity contribution in [2.75, 3.05) is 6.54 Å². The van der Waals surface area contributed by atoms with Crippen molar-refractivity contribution in [3.63, 3.8) is 0 Å². The fourth-order valence-electron chi connectivity index (χ4n) is 2.75. The van der Waals surface area contributed by atoms with Crippen molar-refractivity contribution >= 4 is 15.9 Å². The minimum atomic E-state index is -3.68. The predicted molar refractivity (Wildman–Crippen MR) is 84.5 cm³/mol. The molecule has 1 saturated heterocycles. The van der Waals surface area contributed by atoms with Crippen molar-refractivity contribution in [1.82, 2.24) is 10.6 Å². The van der Waals surface area contributed by atoms with Gasteiger partial charge in [0.25, 0.3) is 0 Å². The highest BCUT2D eigenvalue weighted by Gasteiger charge is 2.36. The van der Waals surface area contributed by atoms with Gasteiger partial charge in [0, 0.05) is 6.54 Å². The van der Waals surface area contributed by atoms with E-state index in [1.165, 1.54) is 12.1 Å². The van der Waals surface area contributed by atoms with Gasteiger partial charge in [-0.05, 0) is 42.5 Å². The first-order chi connectivity index (χ1) is 10.2. The Hall–Kier alpha value is -1.44. The molecule has 1 aromatic carbocycles. The van der Waals surface area contributed by atoms with Crippen LogP contribution >= 0.6 is 0 Å². The van der Waals surface area contributed by atoms with Crippen molar-refractivity contribution < 1.29 is 13.2 Å². The number of amides is 1. The van der Waals surface area contributed by atoms with Crippen LogP contribution in [0.15, 0.2) is 29.2 Å². The summed E-state index contributed by atoms with van der Waals surface area (Å²) < 4.78 is 22.4. The van der Waals surface area contributed by atoms with E-state index in [1.54, 1.807) is 12.1 Å². The third-order valence-electron chi connectivity index (χ3n) is 4.11. The van der Waals surface area contributed by atoms with Gasteiger partial charge in [0.15, 0.2) is 0 Å². The van der Waals surface area contributed by atoms with Gasteiger partial charge in [0.2, 0.25) is 15.9 Å². The molecule has 6 nitrogen and oxygen atoms in total. The summed E-state index contributed by atoms with van der Waals surface area (Å²) in [5.41, 5.74) is 0.758. The number of hydrogen-bond acceptors (Lipinski definition) is 4. The van der Waals surface area contributed by atoms with Crippen LogP contribution in [0.4, 0.5) is 0 Å². The van der Waals surface area contributed by atoms with Crippen molar-refractivity contribution in [3.8, 4) is 0 Å². The summed E-state index contributed by atoms with van der Waals surface area (Å²) in [6, 6.07) is 5.99. The van der Waals surface area contributed by atoms with Gasteiger partial charge in [0.05, 0.1) is 10.9 Å². The molecule has 1 amide bonds. The maximum absolute atomic E-state index is 12.3. The van der Waals surface area contributed by atoms with Gasteiger partial charge in [-0.2, -0.15) is 0 Å². The number of benzene rings is 1. The maximum Gasteiger partial charge on any atom is 0.238 e. The molecule has 22 heavy (non-hydrogen) atoms. The first kappa shape index (κ1) is 16.9. The molecule has 0 aromatic heterocycles. The minimum Gasteiger partial charge on any atom is -0.351 e. The molecule has 1 fully saturated rings. The van der Waals surface area contributed by atoms with Crippen LogP contribution in [0.1, 0.15) is 32.3 Å². The predicted octanol–water partition coefficient (Wildman–Crippen LogP) is 0.728. The molecule has 4 N–H and O–H groups in total. The Morgan fingerprint density at radius 3 is 2.55 bits per heavy atom. The summed E-state index contributed by atoms with van der Waals surface area (Å²) in [5.74, 6) is -0.0276. The summed E-state index contributed by atoms with van der Waals surface area (Å²) in [4.78, 5) is 12.4. The summed E-state index contributed by atoms with van der Waals surface area (Å²) in [6.07, 6.45) is 2.09. The molecule has 0 saturated carbocycles. The Balaban J connectivity index is 1.96. The molecule has 7 heteroatoms. The van der Waals surface area contributed by atoms with E-state index in [0.29, 0.717) is 6.54 Å². The van der Waals surface area contributed by atoms with Crippen LogP contribution in [-0.4, -0.2) is 26.9 Å². The van der Waals surface area contributed by atoms with E-state index in [-0.39, 0.29) is 22.3 Å². The van der Waals surface area contributed by atoms with Crippen LogP contribution in [-0.2, 0) is 21.4 Å². The Morgan fingerprint density at radius 1 is 1.36 bits per heavy atom. The van der Waals surface area contributed by atoms with E-state index in [9.17, 15) is 13.2 Å². The van der Waals surface area contributed by atoms with Crippen LogP contribution in [0.3, 0.4) is 0 Å². The first-order valence-corrected chi connectivity index (χ1v) is 8.88. The number of sulfonamides is 1. The van der Waals surface area contributed by atoms with Crippen molar-refractivity contribution in [1.29, 1.82) is 0 Å². The molecule has 1 unspecified atom stereocenters. The Bertz CT molecular complexity index is 639. The summed E-state index contributed by atoms with van der Waals surface area (Å²) in [5, 5.41) is 11.2. The lowest BCUT2D eigenvalue weighted by Gasteiger charge is -2.38. The van der Waals surface area contributed by atoms with Gasteiger partial charge in [-0.15, -0.1) is 0 Å². The molecule has 1 atom stereocenters. The minimum absolute atomic E-state index is 0.0276. The van der Waals surface area contributed by atoms with Gasteiger partial charge < -0.3 is 10.6 Å². The molecule has 0 radical (unpaired) electrons. The van der Waals surface area contributed by atoms with Crippen LogP contribution in [0, 0.1) is 5.41 Å². The van der Waals surface area contributed by atoms with Crippen LogP contribution in [0.25, 0.3) is 0 Å². The molecular formula is C15H23N3O3S. The number of carbonyl (C=O) groups excluding carboxylic acids is 1. The van der Waals surface area contributed by atoms with Gasteiger partial charge in [-0.1, -0.05) is 26.0 Å². The molecule has 1 aliphatic heterocycles. The molecule has 1 heterocycles. The highest BCUT2D eigenvalue weighted by Crippen LogP contribution is 2.30. The zero-order valence-corrected chi connectivity index (χ0v) is 13.7. The topological polar surface area (TPSA) is 101 Å². The second-order valence-electron chi connectivity index (χ2n) is 6.39. The standard InChI is InChI=1S/C15H23N3O3S/c1-15(2)8-3-9-17-13(15)14(19)18-10-11-4-6-12(7-5-11)22(16,20)21/h4-7,13,17H,3,8-10H2,1-2H3,(H,18,19)(H2,16,20,21). The van der Waals surface area contributed by atoms with Crippen molar-refractivity contribution in [3.05, 3.63) is 29.8 Å². The highest BCUT2D eigenvalue weighted by atomic mass is 32.2. The van der Waals surface area contributed by atoms with Crippen molar-refractivity contribution in [2.45, 2.75) is 44.2 Å². The molecule has 1 aromatic rings. The maximum atomic E-state index is 12.3. The van der Waals surface area contributed by atoms with E-state index in [4.69, 9.17) is 5.14 Å². The zero-order valence-electron chi connectivity index (χ0n) is 12.9. The Kier molecular flexibility index (Phi) is 4.89. The molecule has 122 valence electrons. The summed E-state index contributed by atoms with van der Waals surface area (Å²) in [6.45, 7) is 5.39. The number of nitrogens with one attached hydrogen (secondary N) is 2. The Labute approximate surface area is 131 Å². The normalized spacial score (nSPS) is 21.3. The van der Waals surface area contributed by atoms with E-state index in [1.807, 2.05) is 0 Å². The second kappa shape index (κ2) is 6.36. The van der Waals surface area contributed by atoms with E-state index >= 15 is 0 Å². The lowest BCUT2D eigenvalue weighted by atomic mass is 9.77. The summed E-state index contributed by atoms with van der Waals surface area (Å²) in [7, 11) is -3.68. The van der Waals surface area contributed by atoms with Crippen LogP contribution < -0.4 is 15.8 Å². The van der Waals surface area contributed by atoms with Gasteiger partial charge >= 0.3 is 0 Å². The average Bonchev–Trinajstić information content (AvgIpc) is 2.44. The van der Waals surface area contributed by atoms with Gasteiger partial charge in [-0.3, -0.25) is 4.79 Å². The summed E-state index contributed by atoms with van der Waals surface area (Å²) >= 11 is 0. The van der Waals surface area contributed by atoms with Crippen LogP contribution in [0.5, 0.6) is 0 Å². The molecular weight excluding hydrogens is 302 g/mol. The Morgan fingerprint density at radius 2 is 2.00 bits per heavy atom. The fourth-order valence-corrected chi connectivity index (χ4v) is 3.26. The SMILES string of the molecule is CC1(C)CCCNC1C(=O)NCc1ccc(S(N)(=O)=O)cc1. The lowest BCUT2D eigenvalue weighted by molar-refractivity contribution is -0.126. The number of carbonyl (C=O) groups is 1. The van der Waals surface area contributed by atoms with Gasteiger partial charge in [0.1, 0.15) is 0 Å². The quantitative estimate of drug-likeness (QED) is 0.759. The van der Waals surface area contributed by atoms with E-state index < -0.39 is 10.0 Å². The monoisotopic (exact) mass is 325 g/mol. The third-order valence-corrected chi connectivity index (χ3v) is 5.04. The smallest absolute Gasteiger partial charge is 0.238 e. The molecule has 0 bridgehead atoms. The van der Waals surface area contributed by atoms with E-state index in [0.717, 1.165) is 24.9 Å². The molecule has 0 spiro atoms. The average molecular weight is 325 g/mol. The molecule has 0 aliphatic carbocycles. The number of nitrogens with two attached hydrogens (primary N) is 1. The largest absolute Gasteiger partial charge is 0.351 e. The number of piperidine rings is 1. The zero-order chi connectivity index (χ0) is 16.4. The van der Waals surface area contributed by atoms with Gasteiger partial charge in [-0.25, -0.2) is 13.6 Å².